The predicted molar refractivity (Wildman–Crippen MR) is 115 cm³/mol. The molecule has 0 aliphatic carbocycles. The van der Waals surface area contributed by atoms with Crippen LogP contribution in [0.25, 0.3) is 0 Å². The molecule has 0 saturated heterocycles. The molecule has 4 aromatic rings. The fourth-order valence-electron chi connectivity index (χ4n) is 3.63. The Morgan fingerprint density at radius 3 is 1.83 bits per heavy atom. The molecule has 1 aromatic heterocycles. The van der Waals surface area contributed by atoms with E-state index in [2.05, 4.69) is 44.7 Å². The second-order valence-electron chi connectivity index (χ2n) is 7.12. The Hall–Kier alpha value is -3.02. The van der Waals surface area contributed by atoms with E-state index in [1.165, 1.54) is 0 Å². The van der Waals surface area contributed by atoms with E-state index in [1.54, 1.807) is 0 Å². The quantitative estimate of drug-likeness (QED) is 0.471. The molecular weight excluding hydrogens is 382 g/mol. The highest BCUT2D eigenvalue weighted by Gasteiger charge is 2.28. The molecule has 6 heteroatoms. The summed E-state index contributed by atoms with van der Waals surface area (Å²) in [6, 6.07) is 28.2. The highest BCUT2D eigenvalue weighted by Crippen LogP contribution is 2.32. The van der Waals surface area contributed by atoms with Gasteiger partial charge in [-0.2, -0.15) is 0 Å². The summed E-state index contributed by atoms with van der Waals surface area (Å²) in [5.41, 5.74) is 3.33. The third-order valence-electron chi connectivity index (χ3n) is 4.94. The first-order valence-corrected chi connectivity index (χ1v) is 9.82. The molecule has 0 fully saturated rings. The van der Waals surface area contributed by atoms with E-state index in [0.717, 1.165) is 22.5 Å². The first-order chi connectivity index (χ1) is 14.1. The molecule has 1 heterocycles. The number of hydrogen-bond donors (Lipinski definition) is 0. The van der Waals surface area contributed by atoms with Gasteiger partial charge in [-0.1, -0.05) is 84.4 Å². The Balaban J connectivity index is 1.86. The summed E-state index contributed by atoms with van der Waals surface area (Å²) in [6.07, 6.45) is 0. The fourth-order valence-corrected chi connectivity index (χ4v) is 3.76. The average molecular weight is 404 g/mol. The topological polar surface area (TPSA) is 46.8 Å². The minimum absolute atomic E-state index is 0.114. The smallest absolute Gasteiger partial charge is 0.174 e. The van der Waals surface area contributed by atoms with Crippen LogP contribution in [0.2, 0.25) is 5.02 Å². The van der Waals surface area contributed by atoms with E-state index in [9.17, 15) is 0 Å². The molecule has 146 valence electrons. The van der Waals surface area contributed by atoms with Crippen molar-refractivity contribution in [3.63, 3.8) is 0 Å². The van der Waals surface area contributed by atoms with Gasteiger partial charge in [-0.05, 0) is 53.3 Å². The van der Waals surface area contributed by atoms with Crippen LogP contribution >= 0.6 is 11.6 Å². The van der Waals surface area contributed by atoms with Gasteiger partial charge < -0.3 is 0 Å². The number of benzene rings is 3. The van der Waals surface area contributed by atoms with Gasteiger partial charge in [0.25, 0.3) is 0 Å². The van der Waals surface area contributed by atoms with E-state index in [0.29, 0.717) is 5.02 Å². The standard InChI is InChI=1S/C23H22ClN5/c1-28(2)22(19-13-15-20(24)16-14-19)23-25-26-27-29(23)21(17-9-5-3-6-10-17)18-11-7-4-8-12-18/h3-16,21-22H,1-2H3/t22-/m0/s1. The number of halogens is 1. The summed E-state index contributed by atoms with van der Waals surface area (Å²) in [5, 5.41) is 13.6. The van der Waals surface area contributed by atoms with Crippen LogP contribution in [0.3, 0.4) is 0 Å². The summed E-state index contributed by atoms with van der Waals surface area (Å²) in [7, 11) is 4.05. The van der Waals surface area contributed by atoms with Gasteiger partial charge in [-0.15, -0.1) is 5.10 Å². The van der Waals surface area contributed by atoms with Crippen LogP contribution in [0.5, 0.6) is 0 Å². The van der Waals surface area contributed by atoms with Gasteiger partial charge in [0.2, 0.25) is 0 Å². The van der Waals surface area contributed by atoms with Gasteiger partial charge in [0, 0.05) is 5.02 Å². The predicted octanol–water partition coefficient (Wildman–Crippen LogP) is 4.62. The van der Waals surface area contributed by atoms with Crippen molar-refractivity contribution in [3.8, 4) is 0 Å². The second kappa shape index (κ2) is 8.55. The lowest BCUT2D eigenvalue weighted by molar-refractivity contribution is 0.315. The van der Waals surface area contributed by atoms with Crippen molar-refractivity contribution in [1.29, 1.82) is 0 Å². The molecule has 1 atom stereocenters. The van der Waals surface area contributed by atoms with E-state index in [-0.39, 0.29) is 12.1 Å². The number of aromatic nitrogens is 4. The molecular formula is C23H22ClN5. The van der Waals surface area contributed by atoms with Crippen molar-refractivity contribution >= 4 is 11.6 Å². The molecule has 0 bridgehead atoms. The van der Waals surface area contributed by atoms with E-state index < -0.39 is 0 Å². The molecule has 29 heavy (non-hydrogen) atoms. The minimum Gasteiger partial charge on any atom is -0.296 e. The number of rotatable bonds is 6. The number of nitrogens with zero attached hydrogens (tertiary/aromatic N) is 5. The fraction of sp³-hybridized carbons (Fsp3) is 0.174. The normalized spacial score (nSPS) is 12.4. The van der Waals surface area contributed by atoms with Gasteiger partial charge in [-0.3, -0.25) is 4.90 Å². The molecule has 4 rings (SSSR count). The van der Waals surface area contributed by atoms with Crippen molar-refractivity contribution in [1.82, 2.24) is 25.1 Å². The van der Waals surface area contributed by atoms with E-state index in [4.69, 9.17) is 11.6 Å². The van der Waals surface area contributed by atoms with Gasteiger partial charge >= 0.3 is 0 Å². The van der Waals surface area contributed by atoms with Crippen molar-refractivity contribution in [2.24, 2.45) is 0 Å². The Labute approximate surface area is 175 Å². The number of hydrogen-bond acceptors (Lipinski definition) is 4. The Morgan fingerprint density at radius 2 is 1.31 bits per heavy atom. The van der Waals surface area contributed by atoms with Crippen LogP contribution in [0.15, 0.2) is 84.9 Å². The third kappa shape index (κ3) is 4.06. The Morgan fingerprint density at radius 1 is 0.759 bits per heavy atom. The summed E-state index contributed by atoms with van der Waals surface area (Å²) in [5.74, 6) is 0.773. The van der Waals surface area contributed by atoms with Gasteiger partial charge in [0.05, 0.1) is 6.04 Å². The van der Waals surface area contributed by atoms with Crippen LogP contribution in [0.4, 0.5) is 0 Å². The first kappa shape index (κ1) is 19.3. The summed E-state index contributed by atoms with van der Waals surface area (Å²) in [6.45, 7) is 0. The molecule has 0 saturated carbocycles. The van der Waals surface area contributed by atoms with Crippen LogP contribution < -0.4 is 0 Å². The highest BCUT2D eigenvalue weighted by molar-refractivity contribution is 6.30. The van der Waals surface area contributed by atoms with Gasteiger partial charge in [0.15, 0.2) is 5.82 Å². The molecule has 0 radical (unpaired) electrons. The molecule has 0 spiro atoms. The third-order valence-corrected chi connectivity index (χ3v) is 5.19. The lowest BCUT2D eigenvalue weighted by Crippen LogP contribution is -2.27. The lowest BCUT2D eigenvalue weighted by Gasteiger charge is -2.27. The molecule has 0 amide bonds. The highest BCUT2D eigenvalue weighted by atomic mass is 35.5. The summed E-state index contributed by atoms with van der Waals surface area (Å²) in [4.78, 5) is 2.11. The largest absolute Gasteiger partial charge is 0.296 e. The molecule has 3 aromatic carbocycles. The number of tetrazole rings is 1. The lowest BCUT2D eigenvalue weighted by atomic mass is 9.98. The molecule has 0 aliphatic heterocycles. The van der Waals surface area contributed by atoms with E-state index in [1.807, 2.05) is 79.4 Å². The Bertz CT molecular complexity index is 1010. The van der Waals surface area contributed by atoms with E-state index >= 15 is 0 Å². The summed E-state index contributed by atoms with van der Waals surface area (Å²) < 4.78 is 1.92. The van der Waals surface area contributed by atoms with Crippen LogP contribution in [0.1, 0.15) is 34.6 Å². The second-order valence-corrected chi connectivity index (χ2v) is 7.56. The van der Waals surface area contributed by atoms with Crippen molar-refractivity contribution < 1.29 is 0 Å². The SMILES string of the molecule is CN(C)[C@@H](c1ccc(Cl)cc1)c1nnnn1C(c1ccccc1)c1ccccc1. The Kier molecular flexibility index (Phi) is 5.69. The van der Waals surface area contributed by atoms with Crippen LogP contribution in [-0.4, -0.2) is 39.2 Å². The van der Waals surface area contributed by atoms with Gasteiger partial charge in [-0.25, -0.2) is 4.68 Å². The van der Waals surface area contributed by atoms with Crippen molar-refractivity contribution in [2.45, 2.75) is 12.1 Å². The summed E-state index contributed by atoms with van der Waals surface area (Å²) >= 11 is 6.10. The van der Waals surface area contributed by atoms with Crippen LogP contribution in [0, 0.1) is 0 Å². The zero-order valence-corrected chi connectivity index (χ0v) is 17.1. The molecule has 0 unspecified atom stereocenters. The minimum atomic E-state index is -0.128. The zero-order valence-electron chi connectivity index (χ0n) is 16.4. The molecule has 0 aliphatic rings. The van der Waals surface area contributed by atoms with Crippen LogP contribution in [-0.2, 0) is 0 Å². The van der Waals surface area contributed by atoms with Crippen molar-refractivity contribution in [2.75, 3.05) is 14.1 Å². The maximum absolute atomic E-state index is 6.10. The zero-order chi connectivity index (χ0) is 20.2. The average Bonchev–Trinajstić information content (AvgIpc) is 3.20. The maximum atomic E-state index is 6.10. The van der Waals surface area contributed by atoms with Crippen molar-refractivity contribution in [3.05, 3.63) is 112 Å². The molecule has 5 nitrogen and oxygen atoms in total. The monoisotopic (exact) mass is 403 g/mol. The molecule has 0 N–H and O–H groups in total. The first-order valence-electron chi connectivity index (χ1n) is 9.44. The maximum Gasteiger partial charge on any atom is 0.174 e. The van der Waals surface area contributed by atoms with Gasteiger partial charge in [0.1, 0.15) is 6.04 Å².